The molecule has 0 aliphatic heterocycles. The average Bonchev–Trinajstić information content (AvgIpc) is 2.78. The molecule has 0 spiro atoms. The van der Waals surface area contributed by atoms with Crippen molar-refractivity contribution >= 4 is 46.7 Å². The number of hydrogen-bond donors (Lipinski definition) is 1. The zero-order valence-corrected chi connectivity index (χ0v) is 25.6. The molecule has 0 saturated carbocycles. The predicted octanol–water partition coefficient (Wildman–Crippen LogP) is 0.933. The predicted molar refractivity (Wildman–Crippen MR) is 133 cm³/mol. The van der Waals surface area contributed by atoms with Gasteiger partial charge in [0.15, 0.2) is 5.75 Å². The molecular formula is C24H20KNO8S3. The summed E-state index contributed by atoms with van der Waals surface area (Å²) in [6.45, 7) is 3.59. The van der Waals surface area contributed by atoms with Gasteiger partial charge in [-0.1, -0.05) is 35.4 Å². The maximum atomic E-state index is 12.8. The van der Waals surface area contributed by atoms with Crippen LogP contribution in [0.15, 0.2) is 93.5 Å². The number of benzene rings is 4. The first-order valence-electron chi connectivity index (χ1n) is 10.4. The van der Waals surface area contributed by atoms with Gasteiger partial charge in [0.2, 0.25) is 0 Å². The molecule has 0 radical (unpaired) electrons. The summed E-state index contributed by atoms with van der Waals surface area (Å²) in [5, 5.41) is 0.224. The minimum absolute atomic E-state index is 0. The van der Waals surface area contributed by atoms with E-state index in [-0.39, 0.29) is 77.6 Å². The van der Waals surface area contributed by atoms with Crippen LogP contribution in [0.1, 0.15) is 11.1 Å². The zero-order valence-electron chi connectivity index (χ0n) is 20.0. The van der Waals surface area contributed by atoms with Crippen molar-refractivity contribution in [3.05, 3.63) is 90.0 Å². The molecule has 188 valence electrons. The van der Waals surface area contributed by atoms with Gasteiger partial charge in [0.05, 0.1) is 9.79 Å². The molecule has 37 heavy (non-hydrogen) atoms. The minimum Gasteiger partial charge on any atom is -0.744 e. The second-order valence-corrected chi connectivity index (χ2v) is 12.7. The van der Waals surface area contributed by atoms with Gasteiger partial charge in [0.25, 0.3) is 10.0 Å². The molecule has 4 rings (SSSR count). The molecule has 0 aromatic heterocycles. The maximum absolute atomic E-state index is 12.8. The van der Waals surface area contributed by atoms with Crippen LogP contribution in [0.5, 0.6) is 5.75 Å². The molecule has 4 aromatic carbocycles. The molecule has 4 aromatic rings. The Bertz CT molecular complexity index is 1790. The summed E-state index contributed by atoms with van der Waals surface area (Å²) >= 11 is 0. The summed E-state index contributed by atoms with van der Waals surface area (Å²) in [6.07, 6.45) is 0. The molecule has 0 heterocycles. The quantitative estimate of drug-likeness (QED) is 0.192. The maximum Gasteiger partial charge on any atom is 1.00 e. The van der Waals surface area contributed by atoms with Gasteiger partial charge in [-0.15, -0.1) is 0 Å². The van der Waals surface area contributed by atoms with Crippen molar-refractivity contribution in [3.8, 4) is 5.75 Å². The first-order chi connectivity index (χ1) is 16.7. The molecule has 0 unspecified atom stereocenters. The Balaban J connectivity index is 0.00000380. The Morgan fingerprint density at radius 1 is 0.676 bits per heavy atom. The summed E-state index contributed by atoms with van der Waals surface area (Å²) in [5.41, 5.74) is 1.76. The van der Waals surface area contributed by atoms with Crippen molar-refractivity contribution in [2.75, 3.05) is 4.72 Å². The molecule has 0 atom stereocenters. The van der Waals surface area contributed by atoms with Crippen LogP contribution in [0.25, 0.3) is 10.8 Å². The van der Waals surface area contributed by atoms with Gasteiger partial charge in [0.1, 0.15) is 15.0 Å². The molecule has 0 fully saturated rings. The third-order valence-electron chi connectivity index (χ3n) is 5.27. The van der Waals surface area contributed by atoms with Crippen LogP contribution in [0.3, 0.4) is 0 Å². The van der Waals surface area contributed by atoms with E-state index in [9.17, 15) is 29.8 Å². The van der Waals surface area contributed by atoms with E-state index in [4.69, 9.17) is 4.18 Å². The van der Waals surface area contributed by atoms with Crippen LogP contribution >= 0.6 is 0 Å². The fraction of sp³-hybridized carbons (Fsp3) is 0.0833. The first-order valence-corrected chi connectivity index (χ1v) is 14.7. The van der Waals surface area contributed by atoms with Crippen LogP contribution in [-0.4, -0.2) is 29.8 Å². The number of aryl methyl sites for hydroxylation is 2. The van der Waals surface area contributed by atoms with Gasteiger partial charge in [-0.05, 0) is 67.8 Å². The van der Waals surface area contributed by atoms with E-state index in [1.807, 2.05) is 6.92 Å². The van der Waals surface area contributed by atoms with Crippen molar-refractivity contribution < 1.29 is 85.4 Å². The zero-order chi connectivity index (χ0) is 26.3. The summed E-state index contributed by atoms with van der Waals surface area (Å²) < 4.78 is 94.0. The fourth-order valence-electron chi connectivity index (χ4n) is 3.39. The smallest absolute Gasteiger partial charge is 0.744 e. The summed E-state index contributed by atoms with van der Waals surface area (Å²) in [5.74, 6) is -0.393. The number of fused-ring (bicyclic) bond motifs is 1. The Kier molecular flexibility index (Phi) is 8.94. The van der Waals surface area contributed by atoms with Gasteiger partial charge < -0.3 is 8.74 Å². The van der Waals surface area contributed by atoms with Gasteiger partial charge in [0, 0.05) is 17.1 Å². The number of rotatable bonds is 7. The molecule has 13 heteroatoms. The Morgan fingerprint density at radius 2 is 1.22 bits per heavy atom. The third-order valence-corrected chi connectivity index (χ3v) is 8.73. The summed E-state index contributed by atoms with van der Waals surface area (Å²) in [6, 6.07) is 17.8. The van der Waals surface area contributed by atoms with E-state index in [0.29, 0.717) is 0 Å². The topological polar surface area (TPSA) is 147 Å². The van der Waals surface area contributed by atoms with Gasteiger partial charge >= 0.3 is 61.5 Å². The van der Waals surface area contributed by atoms with Gasteiger partial charge in [-0.2, -0.15) is 8.42 Å². The van der Waals surface area contributed by atoms with Crippen molar-refractivity contribution in [2.24, 2.45) is 0 Å². The van der Waals surface area contributed by atoms with E-state index >= 15 is 0 Å². The van der Waals surface area contributed by atoms with E-state index in [1.54, 1.807) is 31.2 Å². The molecule has 0 bridgehead atoms. The van der Waals surface area contributed by atoms with Crippen LogP contribution in [-0.2, 0) is 30.3 Å². The molecule has 0 aliphatic rings. The van der Waals surface area contributed by atoms with Crippen molar-refractivity contribution in [1.82, 2.24) is 0 Å². The van der Waals surface area contributed by atoms with Crippen LogP contribution < -0.4 is 60.3 Å². The first kappa shape index (κ1) is 29.7. The second kappa shape index (κ2) is 11.1. The Morgan fingerprint density at radius 3 is 1.76 bits per heavy atom. The van der Waals surface area contributed by atoms with Crippen molar-refractivity contribution in [1.29, 1.82) is 0 Å². The van der Waals surface area contributed by atoms with E-state index in [2.05, 4.69) is 4.72 Å². The van der Waals surface area contributed by atoms with Crippen LogP contribution in [0.4, 0.5) is 5.69 Å². The molecule has 1 N–H and O–H groups in total. The second-order valence-electron chi connectivity index (χ2n) is 8.08. The number of anilines is 1. The SMILES string of the molecule is Cc1ccc(S(=O)(=O)Nc2ccc3c(OS(=O)(=O)c4ccc(C)cc4)cc(S(=O)(=O)[O-])cc3c2)cc1.[K+]. The van der Waals surface area contributed by atoms with E-state index in [0.717, 1.165) is 23.3 Å². The largest absolute Gasteiger partial charge is 1.00 e. The molecule has 0 aliphatic carbocycles. The normalized spacial score (nSPS) is 12.1. The molecular weight excluding hydrogens is 566 g/mol. The van der Waals surface area contributed by atoms with Gasteiger partial charge in [-0.3, -0.25) is 4.72 Å². The molecule has 9 nitrogen and oxygen atoms in total. The third kappa shape index (κ3) is 6.99. The number of hydrogen-bond acceptors (Lipinski definition) is 8. The van der Waals surface area contributed by atoms with Crippen LogP contribution in [0.2, 0.25) is 0 Å². The Labute approximate surface area is 258 Å². The summed E-state index contributed by atoms with van der Waals surface area (Å²) in [4.78, 5) is -0.890. The van der Waals surface area contributed by atoms with E-state index in [1.165, 1.54) is 42.5 Å². The van der Waals surface area contributed by atoms with Crippen LogP contribution in [0, 0.1) is 13.8 Å². The minimum atomic E-state index is -5.00. The van der Waals surface area contributed by atoms with Crippen molar-refractivity contribution in [3.63, 3.8) is 0 Å². The number of nitrogens with one attached hydrogen (secondary N) is 1. The van der Waals surface area contributed by atoms with Gasteiger partial charge in [-0.25, -0.2) is 16.8 Å². The average molecular weight is 586 g/mol. The molecule has 0 saturated heterocycles. The Hall–Kier alpha value is -1.81. The molecule has 0 amide bonds. The monoisotopic (exact) mass is 585 g/mol. The van der Waals surface area contributed by atoms with E-state index < -0.39 is 40.9 Å². The number of sulfonamides is 1. The van der Waals surface area contributed by atoms with Crippen molar-refractivity contribution in [2.45, 2.75) is 28.5 Å². The standard InChI is InChI=1S/C24H21NO8S3.K/c1-16-3-8-20(9-4-16)34(26,27)25-19-7-12-23-18(13-19)14-22(35(28,29)30)15-24(23)33-36(31,32)21-10-5-17(2)6-11-21;/h3-15,25H,1-2H3,(H,28,29,30);/q;+1/p-1. The summed E-state index contributed by atoms with van der Waals surface area (Å²) in [7, 11) is -13.3. The fourth-order valence-corrected chi connectivity index (χ4v) is 5.90.